The highest BCUT2D eigenvalue weighted by Gasteiger charge is 2.19. The van der Waals surface area contributed by atoms with E-state index in [0.29, 0.717) is 5.13 Å². The molecule has 2 rings (SSSR count). The molecule has 0 fully saturated rings. The Morgan fingerprint density at radius 1 is 1.19 bits per heavy atom. The third kappa shape index (κ3) is 6.94. The second-order valence-corrected chi connectivity index (χ2v) is 7.03. The van der Waals surface area contributed by atoms with Gasteiger partial charge in [-0.2, -0.15) is 0 Å². The van der Waals surface area contributed by atoms with Crippen LogP contribution < -0.4 is 21.7 Å². The van der Waals surface area contributed by atoms with E-state index < -0.39 is 17.9 Å². The fourth-order valence-corrected chi connectivity index (χ4v) is 2.83. The summed E-state index contributed by atoms with van der Waals surface area (Å²) < 4.78 is 0. The van der Waals surface area contributed by atoms with Crippen LogP contribution in [-0.2, 0) is 20.8 Å². The number of primary amides is 1. The Hall–Kier alpha value is -3.14. The number of rotatable bonds is 9. The van der Waals surface area contributed by atoms with Gasteiger partial charge in [-0.25, -0.2) is 4.98 Å². The van der Waals surface area contributed by atoms with Crippen molar-refractivity contribution in [2.24, 2.45) is 5.73 Å². The number of phenolic OH excluding ortho intramolecular Hbond substituents is 1. The fourth-order valence-electron chi connectivity index (χ4n) is 2.17. The van der Waals surface area contributed by atoms with Crippen molar-refractivity contribution in [3.63, 3.8) is 0 Å². The van der Waals surface area contributed by atoms with Crippen LogP contribution in [0.5, 0.6) is 5.75 Å². The van der Waals surface area contributed by atoms with Gasteiger partial charge in [-0.05, 0) is 24.6 Å². The standard InChI is InChI=1S/C17H21N5O4S/c1-10-7-20-17(27-10)21-8-14(24)19-9-15(25)22-13(16(18)26)6-11-2-4-12(23)5-3-11/h2-5,7,13,23H,6,8-9H2,1H3,(H2,18,26)(H,19,24)(H,20,21)(H,22,25). The Bertz CT molecular complexity index is 806. The predicted molar refractivity (Wildman–Crippen MR) is 101 cm³/mol. The van der Waals surface area contributed by atoms with E-state index in [0.717, 1.165) is 10.4 Å². The summed E-state index contributed by atoms with van der Waals surface area (Å²) in [7, 11) is 0. The lowest BCUT2D eigenvalue weighted by atomic mass is 10.1. The zero-order chi connectivity index (χ0) is 19.8. The molecule has 1 aromatic carbocycles. The molecule has 3 amide bonds. The number of aromatic hydroxyl groups is 1. The number of nitrogens with two attached hydrogens (primary N) is 1. The van der Waals surface area contributed by atoms with Gasteiger partial charge in [0.2, 0.25) is 17.7 Å². The number of nitrogens with zero attached hydrogens (tertiary/aromatic N) is 1. The third-order valence-electron chi connectivity index (χ3n) is 3.52. The van der Waals surface area contributed by atoms with E-state index in [4.69, 9.17) is 5.73 Å². The molecular formula is C17H21N5O4S. The summed E-state index contributed by atoms with van der Waals surface area (Å²) in [4.78, 5) is 40.4. The minimum absolute atomic E-state index is 0.0208. The minimum atomic E-state index is -0.921. The molecule has 0 aliphatic rings. The number of thiazole rings is 1. The molecule has 0 radical (unpaired) electrons. The number of hydrogen-bond acceptors (Lipinski definition) is 7. The van der Waals surface area contributed by atoms with Crippen LogP contribution in [0.1, 0.15) is 10.4 Å². The van der Waals surface area contributed by atoms with Gasteiger partial charge in [-0.3, -0.25) is 14.4 Å². The van der Waals surface area contributed by atoms with Crippen LogP contribution >= 0.6 is 11.3 Å². The van der Waals surface area contributed by atoms with E-state index in [-0.39, 0.29) is 31.2 Å². The normalized spacial score (nSPS) is 11.4. The van der Waals surface area contributed by atoms with Crippen LogP contribution in [0.3, 0.4) is 0 Å². The average molecular weight is 391 g/mol. The first kappa shape index (κ1) is 20.2. The Balaban J connectivity index is 1.76. The maximum Gasteiger partial charge on any atom is 0.240 e. The lowest BCUT2D eigenvalue weighted by Crippen LogP contribution is -2.49. The van der Waals surface area contributed by atoms with Gasteiger partial charge in [-0.15, -0.1) is 11.3 Å². The van der Waals surface area contributed by atoms with Crippen molar-refractivity contribution in [1.82, 2.24) is 15.6 Å². The summed E-state index contributed by atoms with van der Waals surface area (Å²) in [5, 5.41) is 17.7. The van der Waals surface area contributed by atoms with E-state index in [9.17, 15) is 19.5 Å². The molecule has 0 spiro atoms. The Kier molecular flexibility index (Phi) is 7.12. The SMILES string of the molecule is Cc1cnc(NCC(=O)NCC(=O)NC(Cc2ccc(O)cc2)C(N)=O)s1. The first-order valence-corrected chi connectivity index (χ1v) is 8.94. The topological polar surface area (TPSA) is 146 Å². The number of hydrogen-bond donors (Lipinski definition) is 5. The quantitative estimate of drug-likeness (QED) is 0.403. The molecule has 1 heterocycles. The van der Waals surface area contributed by atoms with Crippen LogP contribution in [-0.4, -0.2) is 46.9 Å². The number of aromatic nitrogens is 1. The molecule has 27 heavy (non-hydrogen) atoms. The molecule has 10 heteroatoms. The molecule has 0 saturated carbocycles. The van der Waals surface area contributed by atoms with Crippen LogP contribution in [0.25, 0.3) is 0 Å². The lowest BCUT2D eigenvalue weighted by molar-refractivity contribution is -0.128. The van der Waals surface area contributed by atoms with Gasteiger partial charge in [0.1, 0.15) is 11.8 Å². The van der Waals surface area contributed by atoms with E-state index in [1.54, 1.807) is 18.3 Å². The molecule has 0 bridgehead atoms. The number of amides is 3. The van der Waals surface area contributed by atoms with Crippen LogP contribution in [0, 0.1) is 6.92 Å². The van der Waals surface area contributed by atoms with E-state index in [1.165, 1.54) is 23.5 Å². The maximum atomic E-state index is 12.0. The first-order valence-electron chi connectivity index (χ1n) is 8.13. The van der Waals surface area contributed by atoms with Gasteiger partial charge < -0.3 is 26.8 Å². The van der Waals surface area contributed by atoms with Crippen molar-refractivity contribution in [2.45, 2.75) is 19.4 Å². The summed E-state index contributed by atoms with van der Waals surface area (Å²) in [5.41, 5.74) is 6.05. The number of carbonyl (C=O) groups is 3. The molecule has 1 aromatic heterocycles. The number of nitrogens with one attached hydrogen (secondary N) is 3. The van der Waals surface area contributed by atoms with Crippen LogP contribution in [0.4, 0.5) is 5.13 Å². The summed E-state index contributed by atoms with van der Waals surface area (Å²) in [6.45, 7) is 1.60. The molecular weight excluding hydrogens is 370 g/mol. The molecule has 144 valence electrons. The highest BCUT2D eigenvalue weighted by Crippen LogP contribution is 2.15. The largest absolute Gasteiger partial charge is 0.508 e. The predicted octanol–water partition coefficient (Wildman–Crippen LogP) is -0.102. The molecule has 1 unspecified atom stereocenters. The van der Waals surface area contributed by atoms with Crippen LogP contribution in [0.2, 0.25) is 0 Å². The summed E-state index contributed by atoms with van der Waals surface area (Å²) in [6.07, 6.45) is 1.87. The van der Waals surface area contributed by atoms with E-state index >= 15 is 0 Å². The minimum Gasteiger partial charge on any atom is -0.508 e. The highest BCUT2D eigenvalue weighted by molar-refractivity contribution is 7.15. The molecule has 2 aromatic rings. The third-order valence-corrected chi connectivity index (χ3v) is 4.39. The Morgan fingerprint density at radius 2 is 1.89 bits per heavy atom. The molecule has 0 aliphatic carbocycles. The zero-order valence-electron chi connectivity index (χ0n) is 14.7. The van der Waals surface area contributed by atoms with E-state index in [1.807, 2.05) is 6.92 Å². The first-order chi connectivity index (χ1) is 12.8. The lowest BCUT2D eigenvalue weighted by Gasteiger charge is -2.16. The number of benzene rings is 1. The van der Waals surface area contributed by atoms with Gasteiger partial charge >= 0.3 is 0 Å². The molecule has 0 aliphatic heterocycles. The molecule has 0 saturated heterocycles. The van der Waals surface area contributed by atoms with Crippen molar-refractivity contribution in [3.8, 4) is 5.75 Å². The number of anilines is 1. The Labute approximate surface area is 160 Å². The number of carbonyl (C=O) groups excluding carboxylic acids is 3. The van der Waals surface area contributed by atoms with Gasteiger partial charge in [0.15, 0.2) is 5.13 Å². The maximum absolute atomic E-state index is 12.0. The van der Waals surface area contributed by atoms with Crippen molar-refractivity contribution < 1.29 is 19.5 Å². The number of aryl methyl sites for hydroxylation is 1. The van der Waals surface area contributed by atoms with Gasteiger partial charge in [0.05, 0.1) is 13.1 Å². The van der Waals surface area contributed by atoms with Gasteiger partial charge in [0.25, 0.3) is 0 Å². The van der Waals surface area contributed by atoms with E-state index in [2.05, 4.69) is 20.9 Å². The summed E-state index contributed by atoms with van der Waals surface area (Å²) in [5.74, 6) is -1.51. The Morgan fingerprint density at radius 3 is 2.48 bits per heavy atom. The van der Waals surface area contributed by atoms with Crippen molar-refractivity contribution in [3.05, 3.63) is 40.9 Å². The van der Waals surface area contributed by atoms with Crippen molar-refractivity contribution >= 4 is 34.2 Å². The van der Waals surface area contributed by atoms with Crippen LogP contribution in [0.15, 0.2) is 30.5 Å². The average Bonchev–Trinajstić information content (AvgIpc) is 3.04. The zero-order valence-corrected chi connectivity index (χ0v) is 15.5. The molecule has 1 atom stereocenters. The second-order valence-electron chi connectivity index (χ2n) is 5.80. The molecule has 6 N–H and O–H groups in total. The monoisotopic (exact) mass is 391 g/mol. The highest BCUT2D eigenvalue weighted by atomic mass is 32.1. The summed E-state index contributed by atoms with van der Waals surface area (Å²) in [6, 6.07) is 5.30. The van der Waals surface area contributed by atoms with Crippen molar-refractivity contribution in [2.75, 3.05) is 18.4 Å². The molecule has 9 nitrogen and oxygen atoms in total. The summed E-state index contributed by atoms with van der Waals surface area (Å²) >= 11 is 1.42. The van der Waals surface area contributed by atoms with Gasteiger partial charge in [0, 0.05) is 17.5 Å². The fraction of sp³-hybridized carbons (Fsp3) is 0.294. The van der Waals surface area contributed by atoms with Gasteiger partial charge in [-0.1, -0.05) is 12.1 Å². The van der Waals surface area contributed by atoms with Crippen molar-refractivity contribution in [1.29, 1.82) is 0 Å². The smallest absolute Gasteiger partial charge is 0.240 e. The second kappa shape index (κ2) is 9.53. The number of phenols is 1.